The number of hydrogen-bond donors (Lipinski definition) is 2. The van der Waals surface area contributed by atoms with Crippen molar-refractivity contribution in [2.75, 3.05) is 20.1 Å². The normalized spacial score (nSPS) is 10.2. The molecule has 0 atom stereocenters. The number of carbonyl (C=O) groups is 1. The van der Waals surface area contributed by atoms with E-state index in [9.17, 15) is 4.79 Å². The Morgan fingerprint density at radius 1 is 1.38 bits per heavy atom. The first-order chi connectivity index (χ1) is 7.65. The van der Waals surface area contributed by atoms with Crippen LogP contribution in [0.25, 0.3) is 0 Å². The average Bonchev–Trinajstić information content (AvgIpc) is 2.24. The molecule has 1 aromatic carbocycles. The third-order valence-electron chi connectivity index (χ3n) is 2.32. The van der Waals surface area contributed by atoms with Gasteiger partial charge in [-0.2, -0.15) is 0 Å². The van der Waals surface area contributed by atoms with Crippen LogP contribution in [-0.4, -0.2) is 26.0 Å². The van der Waals surface area contributed by atoms with Crippen molar-refractivity contribution >= 4 is 17.5 Å². The van der Waals surface area contributed by atoms with Crippen molar-refractivity contribution in [3.63, 3.8) is 0 Å². The highest BCUT2D eigenvalue weighted by molar-refractivity contribution is 6.30. The topological polar surface area (TPSA) is 41.1 Å². The summed E-state index contributed by atoms with van der Waals surface area (Å²) < 4.78 is 0. The minimum absolute atomic E-state index is 0.0368. The van der Waals surface area contributed by atoms with Gasteiger partial charge < -0.3 is 10.6 Å². The Kier molecular flexibility index (Phi) is 5.29. The fraction of sp³-hybridized carbons (Fsp3) is 0.417. The van der Waals surface area contributed by atoms with Gasteiger partial charge in [-0.25, -0.2) is 0 Å². The molecular weight excluding hydrogens is 224 g/mol. The van der Waals surface area contributed by atoms with E-state index in [1.807, 2.05) is 14.0 Å². The average molecular weight is 241 g/mol. The van der Waals surface area contributed by atoms with Gasteiger partial charge in [0.25, 0.3) is 5.91 Å². The summed E-state index contributed by atoms with van der Waals surface area (Å²) in [4.78, 5) is 11.8. The maximum Gasteiger partial charge on any atom is 0.251 e. The number of rotatable bonds is 5. The number of benzene rings is 1. The molecule has 0 aromatic heterocycles. The molecule has 0 fully saturated rings. The van der Waals surface area contributed by atoms with Gasteiger partial charge >= 0.3 is 0 Å². The summed E-state index contributed by atoms with van der Waals surface area (Å²) in [7, 11) is 1.89. The molecule has 0 saturated carbocycles. The number of nitrogens with one attached hydrogen (secondary N) is 2. The van der Waals surface area contributed by atoms with E-state index in [0.29, 0.717) is 17.1 Å². The fourth-order valence-electron chi connectivity index (χ4n) is 1.44. The largest absolute Gasteiger partial charge is 0.352 e. The lowest BCUT2D eigenvalue weighted by Crippen LogP contribution is -2.27. The Bertz CT molecular complexity index is 366. The monoisotopic (exact) mass is 240 g/mol. The number of amides is 1. The van der Waals surface area contributed by atoms with Crippen LogP contribution in [0.5, 0.6) is 0 Å². The molecule has 1 aromatic rings. The third kappa shape index (κ3) is 3.83. The molecule has 16 heavy (non-hydrogen) atoms. The standard InChI is InChI=1S/C12H17ClN2O/c1-9-8-10(13)4-5-11(9)12(16)15-7-3-6-14-2/h4-5,8,14H,3,6-7H2,1-2H3,(H,15,16). The first-order valence-electron chi connectivity index (χ1n) is 5.34. The summed E-state index contributed by atoms with van der Waals surface area (Å²) in [5, 5.41) is 6.56. The van der Waals surface area contributed by atoms with E-state index >= 15 is 0 Å². The van der Waals surface area contributed by atoms with Gasteiger partial charge in [0.1, 0.15) is 0 Å². The van der Waals surface area contributed by atoms with E-state index in [4.69, 9.17) is 11.6 Å². The Labute approximate surface area is 101 Å². The highest BCUT2D eigenvalue weighted by atomic mass is 35.5. The molecule has 0 aliphatic heterocycles. The lowest BCUT2D eigenvalue weighted by atomic mass is 10.1. The summed E-state index contributed by atoms with van der Waals surface area (Å²) >= 11 is 5.83. The Hall–Kier alpha value is -1.06. The zero-order valence-electron chi connectivity index (χ0n) is 9.64. The minimum atomic E-state index is -0.0368. The van der Waals surface area contributed by atoms with Crippen molar-refractivity contribution in [1.29, 1.82) is 0 Å². The van der Waals surface area contributed by atoms with Gasteiger partial charge in [-0.3, -0.25) is 4.79 Å². The predicted molar refractivity (Wildman–Crippen MR) is 67.1 cm³/mol. The Morgan fingerprint density at radius 3 is 2.75 bits per heavy atom. The van der Waals surface area contributed by atoms with Gasteiger partial charge in [-0.1, -0.05) is 11.6 Å². The van der Waals surface area contributed by atoms with E-state index < -0.39 is 0 Å². The van der Waals surface area contributed by atoms with Crippen LogP contribution in [0, 0.1) is 6.92 Å². The van der Waals surface area contributed by atoms with Crippen molar-refractivity contribution in [3.05, 3.63) is 34.3 Å². The third-order valence-corrected chi connectivity index (χ3v) is 2.56. The molecule has 1 amide bonds. The number of carbonyl (C=O) groups excluding carboxylic acids is 1. The molecular formula is C12H17ClN2O. The van der Waals surface area contributed by atoms with Crippen LogP contribution in [0.1, 0.15) is 22.3 Å². The van der Waals surface area contributed by atoms with Crippen LogP contribution in [0.15, 0.2) is 18.2 Å². The van der Waals surface area contributed by atoms with Gasteiger partial charge in [-0.15, -0.1) is 0 Å². The summed E-state index contributed by atoms with van der Waals surface area (Å²) in [5.41, 5.74) is 1.59. The first kappa shape index (κ1) is 13.0. The van der Waals surface area contributed by atoms with Crippen LogP contribution in [0.3, 0.4) is 0 Å². The zero-order chi connectivity index (χ0) is 12.0. The molecule has 4 heteroatoms. The summed E-state index contributed by atoms with van der Waals surface area (Å²) in [6.45, 7) is 3.47. The predicted octanol–water partition coefficient (Wildman–Crippen LogP) is 1.99. The first-order valence-corrected chi connectivity index (χ1v) is 5.72. The molecule has 0 bridgehead atoms. The van der Waals surface area contributed by atoms with Crippen LogP contribution in [0.2, 0.25) is 5.02 Å². The summed E-state index contributed by atoms with van der Waals surface area (Å²) in [6, 6.07) is 5.28. The quantitative estimate of drug-likeness (QED) is 0.773. The van der Waals surface area contributed by atoms with Crippen LogP contribution in [-0.2, 0) is 0 Å². The molecule has 88 valence electrons. The highest BCUT2D eigenvalue weighted by Crippen LogP contribution is 2.14. The Morgan fingerprint density at radius 2 is 2.12 bits per heavy atom. The second-order valence-electron chi connectivity index (χ2n) is 3.67. The number of hydrogen-bond acceptors (Lipinski definition) is 2. The van der Waals surface area contributed by atoms with Crippen LogP contribution < -0.4 is 10.6 Å². The zero-order valence-corrected chi connectivity index (χ0v) is 10.4. The number of aryl methyl sites for hydroxylation is 1. The van der Waals surface area contributed by atoms with E-state index in [-0.39, 0.29) is 5.91 Å². The van der Waals surface area contributed by atoms with Gasteiger partial charge in [0, 0.05) is 17.1 Å². The van der Waals surface area contributed by atoms with Gasteiger partial charge in [0.2, 0.25) is 0 Å². The molecule has 0 saturated heterocycles. The maximum absolute atomic E-state index is 11.8. The molecule has 1 rings (SSSR count). The lowest BCUT2D eigenvalue weighted by molar-refractivity contribution is 0.0952. The van der Waals surface area contributed by atoms with Crippen molar-refractivity contribution in [3.8, 4) is 0 Å². The highest BCUT2D eigenvalue weighted by Gasteiger charge is 2.07. The minimum Gasteiger partial charge on any atom is -0.352 e. The van der Waals surface area contributed by atoms with E-state index in [1.54, 1.807) is 18.2 Å². The summed E-state index contributed by atoms with van der Waals surface area (Å²) in [6.07, 6.45) is 0.925. The van der Waals surface area contributed by atoms with Gasteiger partial charge in [0.15, 0.2) is 0 Å². The maximum atomic E-state index is 11.8. The smallest absolute Gasteiger partial charge is 0.251 e. The van der Waals surface area contributed by atoms with Crippen LogP contribution >= 0.6 is 11.6 Å². The van der Waals surface area contributed by atoms with Crippen molar-refractivity contribution < 1.29 is 4.79 Å². The number of halogens is 1. The lowest BCUT2D eigenvalue weighted by Gasteiger charge is -2.07. The molecule has 0 aliphatic rings. The van der Waals surface area contributed by atoms with E-state index in [0.717, 1.165) is 18.5 Å². The van der Waals surface area contributed by atoms with Crippen LogP contribution in [0.4, 0.5) is 0 Å². The molecule has 2 N–H and O–H groups in total. The van der Waals surface area contributed by atoms with E-state index in [1.165, 1.54) is 0 Å². The van der Waals surface area contributed by atoms with Gasteiger partial charge in [-0.05, 0) is 50.7 Å². The molecule has 0 unspecified atom stereocenters. The molecule has 0 radical (unpaired) electrons. The van der Waals surface area contributed by atoms with E-state index in [2.05, 4.69) is 10.6 Å². The molecule has 3 nitrogen and oxygen atoms in total. The SMILES string of the molecule is CNCCCNC(=O)c1ccc(Cl)cc1C. The Balaban J connectivity index is 2.53. The van der Waals surface area contributed by atoms with Crippen molar-refractivity contribution in [2.24, 2.45) is 0 Å². The fourth-order valence-corrected chi connectivity index (χ4v) is 1.67. The second kappa shape index (κ2) is 6.51. The van der Waals surface area contributed by atoms with Crippen molar-refractivity contribution in [1.82, 2.24) is 10.6 Å². The second-order valence-corrected chi connectivity index (χ2v) is 4.11. The van der Waals surface area contributed by atoms with Gasteiger partial charge in [0.05, 0.1) is 0 Å². The molecule has 0 aliphatic carbocycles. The molecule has 0 heterocycles. The summed E-state index contributed by atoms with van der Waals surface area (Å²) in [5.74, 6) is -0.0368. The molecule has 0 spiro atoms. The van der Waals surface area contributed by atoms with Crippen molar-refractivity contribution in [2.45, 2.75) is 13.3 Å².